The summed E-state index contributed by atoms with van der Waals surface area (Å²) in [6, 6.07) is 3.97. The fraction of sp³-hybridized carbons (Fsp3) is 0.632. The Morgan fingerprint density at radius 1 is 1.12 bits per heavy atom. The molecule has 1 aliphatic carbocycles. The van der Waals surface area contributed by atoms with E-state index in [-0.39, 0.29) is 18.2 Å². The zero-order valence-electron chi connectivity index (χ0n) is 15.0. The molecule has 3 rings (SSSR count). The molecule has 1 aromatic heterocycles. The van der Waals surface area contributed by atoms with Gasteiger partial charge in [0.1, 0.15) is 0 Å². The fourth-order valence-corrected chi connectivity index (χ4v) is 4.02. The summed E-state index contributed by atoms with van der Waals surface area (Å²) >= 11 is 0. The molecule has 7 nitrogen and oxygen atoms in total. The number of aliphatic hydroxyl groups is 1. The maximum atomic E-state index is 12.6. The first-order valence-corrected chi connectivity index (χ1v) is 9.32. The van der Waals surface area contributed by atoms with E-state index in [4.69, 9.17) is 5.11 Å². The van der Waals surface area contributed by atoms with E-state index in [1.165, 1.54) is 0 Å². The number of rotatable bonds is 5. The first-order chi connectivity index (χ1) is 12.5. The van der Waals surface area contributed by atoms with Crippen molar-refractivity contribution in [2.45, 2.75) is 44.1 Å². The average Bonchev–Trinajstić information content (AvgIpc) is 2.64. The molecule has 2 aliphatic rings. The molecule has 2 heterocycles. The van der Waals surface area contributed by atoms with Gasteiger partial charge in [-0.25, -0.2) is 0 Å². The second kappa shape index (κ2) is 8.03. The van der Waals surface area contributed by atoms with Crippen molar-refractivity contribution >= 4 is 17.6 Å². The lowest BCUT2D eigenvalue weighted by molar-refractivity contribution is -0.145. The lowest BCUT2D eigenvalue weighted by Crippen LogP contribution is -2.49. The first kappa shape index (κ1) is 18.6. The molecule has 142 valence electrons. The van der Waals surface area contributed by atoms with Gasteiger partial charge in [-0.2, -0.15) is 0 Å². The van der Waals surface area contributed by atoms with Crippen molar-refractivity contribution < 1.29 is 19.8 Å². The molecule has 1 saturated heterocycles. The monoisotopic (exact) mass is 361 g/mol. The van der Waals surface area contributed by atoms with Crippen molar-refractivity contribution in [1.82, 2.24) is 9.88 Å². The lowest BCUT2D eigenvalue weighted by atomic mass is 9.76. The summed E-state index contributed by atoms with van der Waals surface area (Å²) in [6.07, 6.45) is 6.21. The molecule has 0 aromatic carbocycles. The van der Waals surface area contributed by atoms with Gasteiger partial charge in [-0.05, 0) is 43.7 Å². The minimum absolute atomic E-state index is 0.174. The minimum atomic E-state index is -1.10. The number of amides is 1. The SMILES string of the molecule is O=C(O)CC1(O)CCC(CC(=O)N2CCN(c3ccncc3)CC2)CC1. The summed E-state index contributed by atoms with van der Waals surface area (Å²) in [5.41, 5.74) is 0.0405. The highest BCUT2D eigenvalue weighted by atomic mass is 16.4. The van der Waals surface area contributed by atoms with Crippen LogP contribution in [0.15, 0.2) is 24.5 Å². The van der Waals surface area contributed by atoms with Gasteiger partial charge in [-0.1, -0.05) is 0 Å². The summed E-state index contributed by atoms with van der Waals surface area (Å²) in [4.78, 5) is 31.6. The minimum Gasteiger partial charge on any atom is -0.481 e. The lowest BCUT2D eigenvalue weighted by Gasteiger charge is -2.38. The van der Waals surface area contributed by atoms with Gasteiger partial charge in [0.2, 0.25) is 5.91 Å². The molecule has 0 spiro atoms. The molecule has 0 bridgehead atoms. The molecule has 2 fully saturated rings. The number of anilines is 1. The van der Waals surface area contributed by atoms with E-state index in [1.807, 2.05) is 17.0 Å². The van der Waals surface area contributed by atoms with Crippen molar-refractivity contribution in [2.75, 3.05) is 31.1 Å². The van der Waals surface area contributed by atoms with Gasteiger partial charge >= 0.3 is 5.97 Å². The van der Waals surface area contributed by atoms with E-state index in [1.54, 1.807) is 12.4 Å². The van der Waals surface area contributed by atoms with Crippen LogP contribution < -0.4 is 4.90 Å². The molecule has 7 heteroatoms. The molecule has 2 N–H and O–H groups in total. The third-order valence-electron chi connectivity index (χ3n) is 5.64. The van der Waals surface area contributed by atoms with Gasteiger partial charge in [0, 0.05) is 50.7 Å². The number of piperazine rings is 1. The van der Waals surface area contributed by atoms with E-state index in [0.717, 1.165) is 31.9 Å². The van der Waals surface area contributed by atoms with Gasteiger partial charge in [0.15, 0.2) is 0 Å². The molecule has 1 amide bonds. The predicted molar refractivity (Wildman–Crippen MR) is 96.8 cm³/mol. The van der Waals surface area contributed by atoms with Crippen LogP contribution in [0.25, 0.3) is 0 Å². The number of nitrogens with zero attached hydrogens (tertiary/aromatic N) is 3. The average molecular weight is 361 g/mol. The summed E-state index contributed by atoms with van der Waals surface area (Å²) in [5.74, 6) is -0.544. The van der Waals surface area contributed by atoms with Crippen molar-refractivity contribution in [3.05, 3.63) is 24.5 Å². The summed E-state index contributed by atoms with van der Waals surface area (Å²) in [7, 11) is 0. The van der Waals surface area contributed by atoms with E-state index in [9.17, 15) is 14.7 Å². The number of aromatic nitrogens is 1. The molecule has 1 aromatic rings. The van der Waals surface area contributed by atoms with Crippen LogP contribution in [0.1, 0.15) is 38.5 Å². The number of carbonyl (C=O) groups excluding carboxylic acids is 1. The molecule has 0 atom stereocenters. The Bertz CT molecular complexity index is 621. The van der Waals surface area contributed by atoms with E-state index < -0.39 is 11.6 Å². The molecule has 0 radical (unpaired) electrons. The standard InChI is InChI=1S/C19H27N3O4/c23-17(13-15-1-5-19(26,6-2-15)14-18(24)25)22-11-9-21(10-12-22)16-3-7-20-8-4-16/h3-4,7-8,15,26H,1-2,5-6,9-14H2,(H,24,25). The van der Waals surface area contributed by atoms with Crippen molar-refractivity contribution in [1.29, 1.82) is 0 Å². The van der Waals surface area contributed by atoms with Crippen molar-refractivity contribution in [3.63, 3.8) is 0 Å². The van der Waals surface area contributed by atoms with Crippen molar-refractivity contribution in [3.8, 4) is 0 Å². The topological polar surface area (TPSA) is 94.0 Å². The zero-order chi connectivity index (χ0) is 18.6. The summed E-state index contributed by atoms with van der Waals surface area (Å²) < 4.78 is 0. The van der Waals surface area contributed by atoms with Gasteiger partial charge in [0.25, 0.3) is 0 Å². The highest BCUT2D eigenvalue weighted by molar-refractivity contribution is 5.77. The highest BCUT2D eigenvalue weighted by Gasteiger charge is 2.36. The molecule has 26 heavy (non-hydrogen) atoms. The maximum absolute atomic E-state index is 12.6. The Labute approximate surface area is 153 Å². The smallest absolute Gasteiger partial charge is 0.306 e. The largest absolute Gasteiger partial charge is 0.481 e. The Hall–Kier alpha value is -2.15. The van der Waals surface area contributed by atoms with Crippen LogP contribution in [0.4, 0.5) is 5.69 Å². The molecular weight excluding hydrogens is 334 g/mol. The van der Waals surface area contributed by atoms with Gasteiger partial charge in [-0.15, -0.1) is 0 Å². The Morgan fingerprint density at radius 2 is 1.73 bits per heavy atom. The van der Waals surface area contributed by atoms with Crippen LogP contribution in [-0.4, -0.2) is 63.8 Å². The van der Waals surface area contributed by atoms with Crippen molar-refractivity contribution in [2.24, 2.45) is 5.92 Å². The van der Waals surface area contributed by atoms with Crippen LogP contribution in [0.3, 0.4) is 0 Å². The molecule has 0 unspecified atom stereocenters. The summed E-state index contributed by atoms with van der Waals surface area (Å²) in [5, 5.41) is 19.2. The van der Waals surface area contributed by atoms with Crippen LogP contribution in [0, 0.1) is 5.92 Å². The number of carbonyl (C=O) groups is 2. The quantitative estimate of drug-likeness (QED) is 0.826. The number of carboxylic acid groups (broad SMARTS) is 1. The maximum Gasteiger partial charge on any atom is 0.306 e. The second-order valence-electron chi connectivity index (χ2n) is 7.52. The van der Waals surface area contributed by atoms with Crippen LogP contribution in [0.2, 0.25) is 0 Å². The van der Waals surface area contributed by atoms with E-state index in [0.29, 0.717) is 32.1 Å². The molecular formula is C19H27N3O4. The van der Waals surface area contributed by atoms with Crippen LogP contribution in [0.5, 0.6) is 0 Å². The Balaban J connectivity index is 1.43. The second-order valence-corrected chi connectivity index (χ2v) is 7.52. The Kier molecular flexibility index (Phi) is 5.76. The fourth-order valence-electron chi connectivity index (χ4n) is 4.02. The number of aliphatic carboxylic acids is 1. The highest BCUT2D eigenvalue weighted by Crippen LogP contribution is 2.36. The van der Waals surface area contributed by atoms with Crippen LogP contribution in [-0.2, 0) is 9.59 Å². The molecule has 1 saturated carbocycles. The van der Waals surface area contributed by atoms with Gasteiger partial charge in [0.05, 0.1) is 12.0 Å². The third-order valence-corrected chi connectivity index (χ3v) is 5.64. The van der Waals surface area contributed by atoms with Crippen LogP contribution >= 0.6 is 0 Å². The zero-order valence-corrected chi connectivity index (χ0v) is 15.0. The third kappa shape index (κ3) is 4.72. The molecule has 1 aliphatic heterocycles. The predicted octanol–water partition coefficient (Wildman–Crippen LogP) is 1.52. The number of hydrogen-bond acceptors (Lipinski definition) is 5. The number of pyridine rings is 1. The van der Waals surface area contributed by atoms with Gasteiger partial charge < -0.3 is 20.0 Å². The first-order valence-electron chi connectivity index (χ1n) is 9.32. The normalized spacial score (nSPS) is 26.6. The Morgan fingerprint density at radius 3 is 2.31 bits per heavy atom. The number of carboxylic acids is 1. The van der Waals surface area contributed by atoms with Gasteiger partial charge in [-0.3, -0.25) is 14.6 Å². The van der Waals surface area contributed by atoms with E-state index >= 15 is 0 Å². The van der Waals surface area contributed by atoms with E-state index in [2.05, 4.69) is 9.88 Å². The summed E-state index contributed by atoms with van der Waals surface area (Å²) in [6.45, 7) is 3.07. The number of hydrogen-bond donors (Lipinski definition) is 2.